The minimum absolute atomic E-state index is 0.0544. The van der Waals surface area contributed by atoms with Crippen LogP contribution in [0, 0.1) is 16.0 Å². The number of phenolic OH excluding ortho intramolecular Hbond substituents is 1. The Kier molecular flexibility index (Phi) is 4.11. The molecule has 3 aromatic rings. The SMILES string of the molecule is COc1cc(-c2nc3sc4c(c3c(=O)[nH]2)CCC(C)C4)cc([N+](=O)[O-])c1O. The normalized spacial score (nSPS) is 16.3. The Morgan fingerprint density at radius 1 is 1.44 bits per heavy atom. The number of nitro groups is 1. The average molecular weight is 387 g/mol. The van der Waals surface area contributed by atoms with E-state index in [1.807, 2.05) is 0 Å². The zero-order valence-electron chi connectivity index (χ0n) is 14.7. The maximum absolute atomic E-state index is 12.7. The molecule has 0 saturated heterocycles. The van der Waals surface area contributed by atoms with Gasteiger partial charge in [-0.25, -0.2) is 4.98 Å². The van der Waals surface area contributed by atoms with Crippen LogP contribution in [0.4, 0.5) is 5.69 Å². The van der Waals surface area contributed by atoms with Crippen LogP contribution in [0.1, 0.15) is 23.8 Å². The topological polar surface area (TPSA) is 118 Å². The summed E-state index contributed by atoms with van der Waals surface area (Å²) in [7, 11) is 1.30. The molecule has 1 aromatic carbocycles. The molecule has 1 aliphatic carbocycles. The van der Waals surface area contributed by atoms with Crippen molar-refractivity contribution < 1.29 is 14.8 Å². The molecule has 1 atom stereocenters. The number of benzene rings is 1. The predicted molar refractivity (Wildman–Crippen MR) is 102 cm³/mol. The summed E-state index contributed by atoms with van der Waals surface area (Å²) in [4.78, 5) is 32.3. The van der Waals surface area contributed by atoms with Crippen LogP contribution in [0.25, 0.3) is 21.6 Å². The van der Waals surface area contributed by atoms with Crippen LogP contribution in [0.15, 0.2) is 16.9 Å². The van der Waals surface area contributed by atoms with Crippen molar-refractivity contribution in [3.05, 3.63) is 43.0 Å². The maximum Gasteiger partial charge on any atom is 0.315 e. The molecule has 1 aliphatic rings. The van der Waals surface area contributed by atoms with Gasteiger partial charge in [-0.2, -0.15) is 0 Å². The highest BCUT2D eigenvalue weighted by molar-refractivity contribution is 7.18. The highest BCUT2D eigenvalue weighted by Gasteiger charge is 2.25. The Morgan fingerprint density at radius 3 is 2.93 bits per heavy atom. The van der Waals surface area contributed by atoms with Crippen LogP contribution in [-0.2, 0) is 12.8 Å². The highest BCUT2D eigenvalue weighted by atomic mass is 32.1. The lowest BCUT2D eigenvalue weighted by atomic mass is 9.89. The first kappa shape index (κ1) is 17.5. The van der Waals surface area contributed by atoms with E-state index in [0.717, 1.165) is 24.8 Å². The van der Waals surface area contributed by atoms with Gasteiger partial charge in [0.05, 0.1) is 17.4 Å². The van der Waals surface area contributed by atoms with Gasteiger partial charge < -0.3 is 14.8 Å². The van der Waals surface area contributed by atoms with Gasteiger partial charge in [-0.15, -0.1) is 11.3 Å². The van der Waals surface area contributed by atoms with Crippen LogP contribution in [-0.4, -0.2) is 27.1 Å². The molecule has 0 radical (unpaired) electrons. The molecule has 0 aliphatic heterocycles. The first-order valence-electron chi connectivity index (χ1n) is 8.49. The molecule has 140 valence electrons. The molecule has 1 unspecified atom stereocenters. The zero-order chi connectivity index (χ0) is 19.3. The number of aromatic hydroxyl groups is 1. The fraction of sp³-hybridized carbons (Fsp3) is 0.333. The molecular weight excluding hydrogens is 370 g/mol. The second kappa shape index (κ2) is 6.34. The van der Waals surface area contributed by atoms with E-state index in [-0.39, 0.29) is 17.1 Å². The van der Waals surface area contributed by atoms with E-state index in [0.29, 0.717) is 21.7 Å². The summed E-state index contributed by atoms with van der Waals surface area (Å²) in [6.45, 7) is 2.19. The molecule has 9 heteroatoms. The Balaban J connectivity index is 1.92. The van der Waals surface area contributed by atoms with Crippen LogP contribution < -0.4 is 10.3 Å². The first-order valence-corrected chi connectivity index (χ1v) is 9.31. The Hall–Kier alpha value is -2.94. The molecule has 0 bridgehead atoms. The number of fused-ring (bicyclic) bond motifs is 3. The lowest BCUT2D eigenvalue weighted by Crippen LogP contribution is -2.13. The van der Waals surface area contributed by atoms with E-state index in [1.165, 1.54) is 35.5 Å². The number of aromatic amines is 1. The van der Waals surface area contributed by atoms with Crippen molar-refractivity contribution in [3.8, 4) is 22.9 Å². The number of hydrogen-bond donors (Lipinski definition) is 2. The van der Waals surface area contributed by atoms with Crippen molar-refractivity contribution in [2.45, 2.75) is 26.2 Å². The lowest BCUT2D eigenvalue weighted by Gasteiger charge is -2.17. The fourth-order valence-electron chi connectivity index (χ4n) is 3.51. The minimum atomic E-state index is -0.705. The first-order chi connectivity index (χ1) is 12.9. The van der Waals surface area contributed by atoms with E-state index in [9.17, 15) is 20.0 Å². The zero-order valence-corrected chi connectivity index (χ0v) is 15.6. The molecule has 0 saturated carbocycles. The van der Waals surface area contributed by atoms with Crippen LogP contribution in [0.5, 0.6) is 11.5 Å². The minimum Gasteiger partial charge on any atom is -0.500 e. The number of nitrogens with one attached hydrogen (secondary N) is 1. The van der Waals surface area contributed by atoms with E-state index in [4.69, 9.17) is 4.74 Å². The third-order valence-corrected chi connectivity index (χ3v) is 6.06. The molecule has 27 heavy (non-hydrogen) atoms. The van der Waals surface area contributed by atoms with Gasteiger partial charge in [0, 0.05) is 16.5 Å². The number of thiophene rings is 1. The van der Waals surface area contributed by atoms with Crippen molar-refractivity contribution >= 4 is 27.2 Å². The summed E-state index contributed by atoms with van der Waals surface area (Å²) >= 11 is 1.50. The van der Waals surface area contributed by atoms with Gasteiger partial charge >= 0.3 is 5.69 Å². The quantitative estimate of drug-likeness (QED) is 0.525. The molecule has 2 N–H and O–H groups in total. The Morgan fingerprint density at radius 2 is 2.22 bits per heavy atom. The Bertz CT molecular complexity index is 1130. The summed E-state index contributed by atoms with van der Waals surface area (Å²) in [6, 6.07) is 2.60. The number of aromatic nitrogens is 2. The lowest BCUT2D eigenvalue weighted by molar-refractivity contribution is -0.385. The van der Waals surface area contributed by atoms with Gasteiger partial charge in [0.15, 0.2) is 5.75 Å². The molecule has 2 heterocycles. The van der Waals surface area contributed by atoms with E-state index >= 15 is 0 Å². The summed E-state index contributed by atoms with van der Waals surface area (Å²) in [5.74, 6) is 0.171. The van der Waals surface area contributed by atoms with Crippen molar-refractivity contribution in [1.82, 2.24) is 9.97 Å². The summed E-state index contributed by atoms with van der Waals surface area (Å²) in [6.07, 6.45) is 2.84. The van der Waals surface area contributed by atoms with Gasteiger partial charge in [-0.3, -0.25) is 14.9 Å². The van der Waals surface area contributed by atoms with Gasteiger partial charge in [0.1, 0.15) is 10.7 Å². The fourth-order valence-corrected chi connectivity index (χ4v) is 4.89. The third-order valence-electron chi connectivity index (χ3n) is 4.91. The molecule has 2 aromatic heterocycles. The monoisotopic (exact) mass is 387 g/mol. The standard InChI is InChI=1S/C18H17N3O5S/c1-8-3-4-10-13(5-8)27-18-14(10)17(23)19-16(20-18)9-6-11(21(24)25)15(22)12(7-9)26-2/h6-8,22H,3-5H2,1-2H3,(H,19,20,23). The van der Waals surface area contributed by atoms with Gasteiger partial charge in [0.2, 0.25) is 5.75 Å². The van der Waals surface area contributed by atoms with Gasteiger partial charge in [-0.05, 0) is 36.8 Å². The number of phenols is 1. The van der Waals surface area contributed by atoms with Crippen molar-refractivity contribution in [3.63, 3.8) is 0 Å². The van der Waals surface area contributed by atoms with Crippen LogP contribution >= 0.6 is 11.3 Å². The summed E-state index contributed by atoms with van der Waals surface area (Å²) < 4.78 is 5.02. The van der Waals surface area contributed by atoms with Crippen LogP contribution in [0.2, 0.25) is 0 Å². The van der Waals surface area contributed by atoms with Crippen LogP contribution in [0.3, 0.4) is 0 Å². The predicted octanol–water partition coefficient (Wildman–Crippen LogP) is 3.40. The summed E-state index contributed by atoms with van der Waals surface area (Å²) in [5, 5.41) is 21.8. The molecular formula is C18H17N3O5S. The average Bonchev–Trinajstić information content (AvgIpc) is 2.99. The van der Waals surface area contributed by atoms with E-state index in [2.05, 4.69) is 16.9 Å². The number of nitro benzene ring substituents is 1. The molecule has 0 spiro atoms. The molecule has 0 fully saturated rings. The van der Waals surface area contributed by atoms with Crippen molar-refractivity contribution in [2.24, 2.45) is 5.92 Å². The summed E-state index contributed by atoms with van der Waals surface area (Å²) in [5.41, 5.74) is 0.612. The Labute approximate surface area is 157 Å². The van der Waals surface area contributed by atoms with Gasteiger partial charge in [-0.1, -0.05) is 6.92 Å². The number of ether oxygens (including phenoxy) is 1. The second-order valence-electron chi connectivity index (χ2n) is 6.75. The number of methoxy groups -OCH3 is 1. The number of nitrogens with zero attached hydrogens (tertiary/aromatic N) is 2. The second-order valence-corrected chi connectivity index (χ2v) is 7.83. The van der Waals surface area contributed by atoms with Crippen molar-refractivity contribution in [2.75, 3.05) is 7.11 Å². The maximum atomic E-state index is 12.7. The third kappa shape index (κ3) is 2.84. The molecule has 8 nitrogen and oxygen atoms in total. The molecule has 4 rings (SSSR count). The molecule has 0 amide bonds. The number of rotatable bonds is 3. The van der Waals surface area contributed by atoms with E-state index < -0.39 is 16.4 Å². The number of H-pyrrole nitrogens is 1. The van der Waals surface area contributed by atoms with Crippen molar-refractivity contribution in [1.29, 1.82) is 0 Å². The largest absolute Gasteiger partial charge is 0.500 e. The smallest absolute Gasteiger partial charge is 0.315 e. The van der Waals surface area contributed by atoms with Gasteiger partial charge in [0.25, 0.3) is 5.56 Å². The number of hydrogen-bond acceptors (Lipinski definition) is 7. The number of aryl methyl sites for hydroxylation is 1. The van der Waals surface area contributed by atoms with E-state index in [1.54, 1.807) is 0 Å². The highest BCUT2D eigenvalue weighted by Crippen LogP contribution is 2.40.